The number of aryl methyl sites for hydroxylation is 1. The maximum Gasteiger partial charge on any atom is 0.285 e. The predicted molar refractivity (Wildman–Crippen MR) is 77.2 cm³/mol. The number of nitrogens with zero attached hydrogens (tertiary/aromatic N) is 2. The summed E-state index contributed by atoms with van der Waals surface area (Å²) in [5, 5.41) is 13.3. The Morgan fingerprint density at radius 3 is 2.52 bits per heavy atom. The highest BCUT2D eigenvalue weighted by molar-refractivity contribution is 5.90. The Hall–Kier alpha value is -2.96. The van der Waals surface area contributed by atoms with E-state index in [1.54, 1.807) is 12.1 Å². The number of hydrogen-bond acceptors (Lipinski definition) is 4. The molecule has 1 aromatic carbocycles. The van der Waals surface area contributed by atoms with Crippen molar-refractivity contribution in [1.82, 2.24) is 4.57 Å². The maximum absolute atomic E-state index is 11.9. The van der Waals surface area contributed by atoms with Gasteiger partial charge in [0.1, 0.15) is 6.54 Å². The van der Waals surface area contributed by atoms with Gasteiger partial charge >= 0.3 is 0 Å². The van der Waals surface area contributed by atoms with E-state index in [4.69, 9.17) is 0 Å². The van der Waals surface area contributed by atoms with Crippen LogP contribution in [-0.4, -0.2) is 15.4 Å². The SMILES string of the molecule is Cc1ccc(NC(=O)Cn2cc([N+](=O)[O-])ccc2=O)cc1. The van der Waals surface area contributed by atoms with Crippen LogP contribution >= 0.6 is 0 Å². The monoisotopic (exact) mass is 287 g/mol. The fourth-order valence-electron chi connectivity index (χ4n) is 1.74. The molecular weight excluding hydrogens is 274 g/mol. The first-order valence-electron chi connectivity index (χ1n) is 6.17. The lowest BCUT2D eigenvalue weighted by atomic mass is 10.2. The third-order valence-electron chi connectivity index (χ3n) is 2.83. The molecule has 0 spiro atoms. The molecule has 1 heterocycles. The van der Waals surface area contributed by atoms with E-state index in [0.717, 1.165) is 28.5 Å². The Bertz CT molecular complexity index is 735. The van der Waals surface area contributed by atoms with E-state index in [-0.39, 0.29) is 12.2 Å². The third kappa shape index (κ3) is 3.75. The van der Waals surface area contributed by atoms with Crippen LogP contribution in [0.15, 0.2) is 47.4 Å². The smallest absolute Gasteiger partial charge is 0.285 e. The largest absolute Gasteiger partial charge is 0.325 e. The minimum Gasteiger partial charge on any atom is -0.325 e. The molecule has 2 rings (SSSR count). The Morgan fingerprint density at radius 2 is 1.90 bits per heavy atom. The summed E-state index contributed by atoms with van der Waals surface area (Å²) >= 11 is 0. The zero-order valence-corrected chi connectivity index (χ0v) is 11.3. The molecule has 1 amide bonds. The molecule has 7 heteroatoms. The zero-order chi connectivity index (χ0) is 15.4. The van der Waals surface area contributed by atoms with Crippen molar-refractivity contribution in [2.24, 2.45) is 0 Å². The second kappa shape index (κ2) is 6.00. The molecule has 108 valence electrons. The number of anilines is 1. The quantitative estimate of drug-likeness (QED) is 0.684. The Labute approximate surface area is 120 Å². The molecular formula is C14H13N3O4. The summed E-state index contributed by atoms with van der Waals surface area (Å²) < 4.78 is 1.00. The molecule has 2 aromatic rings. The molecule has 0 aliphatic heterocycles. The minimum absolute atomic E-state index is 0.238. The van der Waals surface area contributed by atoms with Crippen molar-refractivity contribution in [2.75, 3.05) is 5.32 Å². The Morgan fingerprint density at radius 1 is 1.24 bits per heavy atom. The lowest BCUT2D eigenvalue weighted by Gasteiger charge is -2.07. The maximum atomic E-state index is 11.9. The van der Waals surface area contributed by atoms with Gasteiger partial charge in [-0.3, -0.25) is 24.3 Å². The van der Waals surface area contributed by atoms with Gasteiger partial charge in [0.15, 0.2) is 0 Å². The van der Waals surface area contributed by atoms with Crippen molar-refractivity contribution < 1.29 is 9.72 Å². The van der Waals surface area contributed by atoms with Crippen LogP contribution in [0.4, 0.5) is 11.4 Å². The molecule has 0 unspecified atom stereocenters. The highest BCUT2D eigenvalue weighted by atomic mass is 16.6. The summed E-state index contributed by atoms with van der Waals surface area (Å²) in [5.41, 5.74) is 0.948. The lowest BCUT2D eigenvalue weighted by Crippen LogP contribution is -2.26. The molecule has 1 aromatic heterocycles. The van der Waals surface area contributed by atoms with E-state index in [0.29, 0.717) is 5.69 Å². The summed E-state index contributed by atoms with van der Waals surface area (Å²) in [6, 6.07) is 9.34. The van der Waals surface area contributed by atoms with E-state index < -0.39 is 16.4 Å². The number of benzene rings is 1. The van der Waals surface area contributed by atoms with Crippen LogP contribution < -0.4 is 10.9 Å². The van der Waals surface area contributed by atoms with E-state index in [1.165, 1.54) is 0 Å². The number of nitro groups is 1. The number of aromatic nitrogens is 1. The number of amides is 1. The van der Waals surface area contributed by atoms with Gasteiger partial charge in [-0.1, -0.05) is 17.7 Å². The van der Waals surface area contributed by atoms with Crippen LogP contribution in [0.2, 0.25) is 0 Å². The second-order valence-electron chi connectivity index (χ2n) is 4.52. The number of pyridine rings is 1. The summed E-state index contributed by atoms with van der Waals surface area (Å²) in [7, 11) is 0. The number of rotatable bonds is 4. The summed E-state index contributed by atoms with van der Waals surface area (Å²) in [6.45, 7) is 1.64. The van der Waals surface area contributed by atoms with Crippen molar-refractivity contribution in [1.29, 1.82) is 0 Å². The topological polar surface area (TPSA) is 94.2 Å². The first-order chi connectivity index (χ1) is 9.95. The summed E-state index contributed by atoms with van der Waals surface area (Å²) in [5.74, 6) is -0.429. The fourth-order valence-corrected chi connectivity index (χ4v) is 1.74. The Kier molecular flexibility index (Phi) is 4.13. The van der Waals surface area contributed by atoms with Gasteiger partial charge in [0.25, 0.3) is 11.2 Å². The molecule has 7 nitrogen and oxygen atoms in total. The van der Waals surface area contributed by atoms with Crippen molar-refractivity contribution >= 4 is 17.3 Å². The van der Waals surface area contributed by atoms with Crippen molar-refractivity contribution in [2.45, 2.75) is 13.5 Å². The highest BCUT2D eigenvalue weighted by Gasteiger charge is 2.10. The highest BCUT2D eigenvalue weighted by Crippen LogP contribution is 2.09. The summed E-state index contributed by atoms with van der Waals surface area (Å²) in [6.07, 6.45) is 1.05. The molecule has 0 aliphatic rings. The van der Waals surface area contributed by atoms with Gasteiger partial charge in [0.2, 0.25) is 5.91 Å². The van der Waals surface area contributed by atoms with Crippen LogP contribution in [0, 0.1) is 17.0 Å². The van der Waals surface area contributed by atoms with Crippen molar-refractivity contribution in [3.8, 4) is 0 Å². The fraction of sp³-hybridized carbons (Fsp3) is 0.143. The number of carbonyl (C=O) groups excluding carboxylic acids is 1. The lowest BCUT2D eigenvalue weighted by molar-refractivity contribution is -0.385. The average Bonchev–Trinajstić information content (AvgIpc) is 2.43. The molecule has 0 aliphatic carbocycles. The molecule has 0 radical (unpaired) electrons. The second-order valence-corrected chi connectivity index (χ2v) is 4.52. The van der Waals surface area contributed by atoms with Gasteiger partial charge in [-0.25, -0.2) is 0 Å². The normalized spacial score (nSPS) is 10.1. The molecule has 0 bridgehead atoms. The van der Waals surface area contributed by atoms with E-state index in [2.05, 4.69) is 5.32 Å². The van der Waals surface area contributed by atoms with Gasteiger partial charge in [-0.2, -0.15) is 0 Å². The molecule has 0 atom stereocenters. The van der Waals surface area contributed by atoms with Crippen LogP contribution in [0.5, 0.6) is 0 Å². The van der Waals surface area contributed by atoms with E-state index in [9.17, 15) is 19.7 Å². The molecule has 21 heavy (non-hydrogen) atoms. The van der Waals surface area contributed by atoms with Gasteiger partial charge in [0.05, 0.1) is 11.1 Å². The standard InChI is InChI=1S/C14H13N3O4/c1-10-2-4-11(5-3-10)15-13(18)9-16-8-12(17(20)21)6-7-14(16)19/h2-8H,9H2,1H3,(H,15,18). The van der Waals surface area contributed by atoms with Crippen LogP contribution in [0.1, 0.15) is 5.56 Å². The van der Waals surface area contributed by atoms with Gasteiger partial charge in [0, 0.05) is 17.8 Å². The van der Waals surface area contributed by atoms with E-state index >= 15 is 0 Å². The average molecular weight is 287 g/mol. The van der Waals surface area contributed by atoms with E-state index in [1.807, 2.05) is 19.1 Å². The first-order valence-corrected chi connectivity index (χ1v) is 6.17. The van der Waals surface area contributed by atoms with Crippen molar-refractivity contribution in [3.63, 3.8) is 0 Å². The summed E-state index contributed by atoms with van der Waals surface area (Å²) in [4.78, 5) is 33.5. The number of nitrogens with one attached hydrogen (secondary N) is 1. The first kappa shape index (κ1) is 14.4. The van der Waals surface area contributed by atoms with Gasteiger partial charge in [-0.15, -0.1) is 0 Å². The van der Waals surface area contributed by atoms with Crippen LogP contribution in [0.3, 0.4) is 0 Å². The minimum atomic E-state index is -0.617. The van der Waals surface area contributed by atoms with Crippen LogP contribution in [0.25, 0.3) is 0 Å². The van der Waals surface area contributed by atoms with Gasteiger partial charge in [-0.05, 0) is 19.1 Å². The van der Waals surface area contributed by atoms with Crippen LogP contribution in [-0.2, 0) is 11.3 Å². The predicted octanol–water partition coefficient (Wildman–Crippen LogP) is 1.70. The zero-order valence-electron chi connectivity index (χ0n) is 11.3. The molecule has 0 fully saturated rings. The molecule has 0 saturated heterocycles. The number of hydrogen-bond donors (Lipinski definition) is 1. The third-order valence-corrected chi connectivity index (χ3v) is 2.83. The van der Waals surface area contributed by atoms with Crippen molar-refractivity contribution in [3.05, 3.63) is 68.6 Å². The number of carbonyl (C=O) groups is 1. The Balaban J connectivity index is 2.12. The molecule has 0 saturated carbocycles. The van der Waals surface area contributed by atoms with Gasteiger partial charge < -0.3 is 5.32 Å². The molecule has 1 N–H and O–H groups in total.